The molecule has 0 unspecified atom stereocenters. The van der Waals surface area contributed by atoms with Crippen LogP contribution in [0.5, 0.6) is 0 Å². The van der Waals surface area contributed by atoms with Crippen molar-refractivity contribution in [3.05, 3.63) is 114 Å². The molecule has 1 aromatic heterocycles. The number of hydrogen-bond donors (Lipinski definition) is 1. The first-order chi connectivity index (χ1) is 15.3. The van der Waals surface area contributed by atoms with E-state index < -0.39 is 0 Å². The molecule has 0 radical (unpaired) electrons. The topological polar surface area (TPSA) is 42.0 Å². The molecule has 0 spiro atoms. The number of carbonyl (C=O) groups is 1. The molecule has 4 aromatic carbocycles. The van der Waals surface area contributed by atoms with E-state index in [4.69, 9.17) is 4.98 Å². The highest BCUT2D eigenvalue weighted by Gasteiger charge is 2.10. The van der Waals surface area contributed by atoms with Gasteiger partial charge in [0.2, 0.25) is 0 Å². The molecule has 31 heavy (non-hydrogen) atoms. The Hall–Kier alpha value is -3.76. The van der Waals surface area contributed by atoms with Gasteiger partial charge in [-0.25, -0.2) is 4.98 Å². The van der Waals surface area contributed by atoms with Crippen molar-refractivity contribution in [3.8, 4) is 21.8 Å². The summed E-state index contributed by atoms with van der Waals surface area (Å²) in [6, 6.07) is 32.2. The zero-order chi connectivity index (χ0) is 21.0. The van der Waals surface area contributed by atoms with Crippen LogP contribution in [-0.2, 0) is 6.54 Å². The minimum atomic E-state index is -0.0618. The van der Waals surface area contributed by atoms with E-state index >= 15 is 0 Å². The number of carbonyl (C=O) groups excluding carboxylic acids is 1. The molecule has 1 heterocycles. The highest BCUT2D eigenvalue weighted by molar-refractivity contribution is 7.13. The van der Waals surface area contributed by atoms with Crippen LogP contribution in [-0.4, -0.2) is 10.9 Å². The Bertz CT molecular complexity index is 1340. The number of aromatic nitrogens is 1. The van der Waals surface area contributed by atoms with Crippen LogP contribution in [0.25, 0.3) is 32.6 Å². The van der Waals surface area contributed by atoms with Gasteiger partial charge in [0.15, 0.2) is 0 Å². The molecule has 0 saturated heterocycles. The summed E-state index contributed by atoms with van der Waals surface area (Å²) in [6.45, 7) is 0.482. The van der Waals surface area contributed by atoms with Crippen LogP contribution in [0.15, 0.2) is 102 Å². The molecule has 0 aliphatic heterocycles. The number of rotatable bonds is 5. The minimum Gasteiger partial charge on any atom is -0.348 e. The molecule has 150 valence electrons. The van der Waals surface area contributed by atoms with Gasteiger partial charge < -0.3 is 5.32 Å². The second-order valence-electron chi connectivity index (χ2n) is 7.31. The van der Waals surface area contributed by atoms with Crippen LogP contribution in [0.4, 0.5) is 0 Å². The van der Waals surface area contributed by atoms with Gasteiger partial charge in [0.05, 0.1) is 5.69 Å². The molecule has 0 aliphatic carbocycles. The quantitative estimate of drug-likeness (QED) is 0.350. The van der Waals surface area contributed by atoms with E-state index in [9.17, 15) is 4.79 Å². The second kappa shape index (κ2) is 8.54. The van der Waals surface area contributed by atoms with E-state index in [-0.39, 0.29) is 5.91 Å². The molecule has 1 N–H and O–H groups in total. The van der Waals surface area contributed by atoms with Crippen LogP contribution in [0.3, 0.4) is 0 Å². The third kappa shape index (κ3) is 4.11. The normalized spacial score (nSPS) is 10.8. The first kappa shape index (κ1) is 19.2. The molecule has 0 saturated carbocycles. The van der Waals surface area contributed by atoms with E-state index in [0.717, 1.165) is 38.2 Å². The Morgan fingerprint density at radius 1 is 0.774 bits per heavy atom. The Balaban J connectivity index is 1.28. The fourth-order valence-corrected chi connectivity index (χ4v) is 4.45. The predicted octanol–water partition coefficient (Wildman–Crippen LogP) is 6.56. The monoisotopic (exact) mass is 420 g/mol. The Labute approximate surface area is 185 Å². The molecule has 1 amide bonds. The van der Waals surface area contributed by atoms with Gasteiger partial charge >= 0.3 is 0 Å². The van der Waals surface area contributed by atoms with E-state index in [1.807, 2.05) is 72.8 Å². The van der Waals surface area contributed by atoms with Crippen LogP contribution < -0.4 is 5.32 Å². The van der Waals surface area contributed by atoms with E-state index in [1.54, 1.807) is 11.3 Å². The van der Waals surface area contributed by atoms with Gasteiger partial charge in [-0.15, -0.1) is 11.3 Å². The van der Waals surface area contributed by atoms with E-state index in [0.29, 0.717) is 12.1 Å². The van der Waals surface area contributed by atoms with Gasteiger partial charge in [0.25, 0.3) is 5.91 Å². The summed E-state index contributed by atoms with van der Waals surface area (Å²) in [5, 5.41) is 8.15. The third-order valence-corrected chi connectivity index (χ3v) is 6.15. The summed E-state index contributed by atoms with van der Waals surface area (Å²) in [4.78, 5) is 17.5. The van der Waals surface area contributed by atoms with E-state index in [2.05, 4.69) is 35.0 Å². The third-order valence-electron chi connectivity index (χ3n) is 5.26. The summed E-state index contributed by atoms with van der Waals surface area (Å²) >= 11 is 1.64. The lowest BCUT2D eigenvalue weighted by molar-refractivity contribution is 0.0952. The Kier molecular flexibility index (Phi) is 5.29. The Morgan fingerprint density at radius 2 is 1.52 bits per heavy atom. The fourth-order valence-electron chi connectivity index (χ4n) is 3.61. The molecule has 0 fully saturated rings. The van der Waals surface area contributed by atoms with Gasteiger partial charge in [-0.3, -0.25) is 4.79 Å². The maximum Gasteiger partial charge on any atom is 0.252 e. The van der Waals surface area contributed by atoms with E-state index in [1.165, 1.54) is 0 Å². The summed E-state index contributed by atoms with van der Waals surface area (Å²) < 4.78 is 0. The second-order valence-corrected chi connectivity index (χ2v) is 8.17. The summed E-state index contributed by atoms with van der Waals surface area (Å²) in [7, 11) is 0. The van der Waals surface area contributed by atoms with Crippen molar-refractivity contribution in [2.45, 2.75) is 6.54 Å². The average Bonchev–Trinajstić information content (AvgIpc) is 3.33. The largest absolute Gasteiger partial charge is 0.348 e. The van der Waals surface area contributed by atoms with Crippen molar-refractivity contribution in [1.82, 2.24) is 10.3 Å². The molecular weight excluding hydrogens is 400 g/mol. The number of nitrogens with zero attached hydrogens (tertiary/aromatic N) is 1. The van der Waals surface area contributed by atoms with Crippen LogP contribution >= 0.6 is 11.3 Å². The highest BCUT2D eigenvalue weighted by Crippen LogP contribution is 2.29. The SMILES string of the molecule is O=C(NCc1ccc(-c2nc(-c3ccccc3)cs2)cc1)c1cccc2ccccc12. The lowest BCUT2D eigenvalue weighted by Crippen LogP contribution is -2.22. The van der Waals surface area contributed by atoms with Crippen molar-refractivity contribution >= 4 is 28.0 Å². The average molecular weight is 421 g/mol. The number of fused-ring (bicyclic) bond motifs is 1. The fraction of sp³-hybridized carbons (Fsp3) is 0.0370. The molecule has 5 aromatic rings. The van der Waals surface area contributed by atoms with Crippen LogP contribution in [0.2, 0.25) is 0 Å². The summed E-state index contributed by atoms with van der Waals surface area (Å²) in [5.41, 5.74) is 4.95. The number of benzene rings is 4. The first-order valence-corrected chi connectivity index (χ1v) is 11.0. The molecule has 0 bridgehead atoms. The zero-order valence-electron chi connectivity index (χ0n) is 16.8. The molecule has 5 rings (SSSR count). The van der Waals surface area contributed by atoms with Crippen molar-refractivity contribution in [3.63, 3.8) is 0 Å². The van der Waals surface area contributed by atoms with Gasteiger partial charge in [-0.05, 0) is 22.4 Å². The summed E-state index contributed by atoms with van der Waals surface area (Å²) in [6.07, 6.45) is 0. The maximum absolute atomic E-state index is 12.7. The van der Waals surface area contributed by atoms with Gasteiger partial charge in [0.1, 0.15) is 5.01 Å². The zero-order valence-corrected chi connectivity index (χ0v) is 17.6. The molecule has 3 nitrogen and oxygen atoms in total. The number of amides is 1. The lowest BCUT2D eigenvalue weighted by atomic mass is 10.0. The smallest absolute Gasteiger partial charge is 0.252 e. The molecule has 0 atom stereocenters. The maximum atomic E-state index is 12.7. The predicted molar refractivity (Wildman–Crippen MR) is 128 cm³/mol. The van der Waals surface area contributed by atoms with Gasteiger partial charge in [-0.1, -0.05) is 91.0 Å². The minimum absolute atomic E-state index is 0.0618. The van der Waals surface area contributed by atoms with Crippen LogP contribution in [0, 0.1) is 0 Å². The first-order valence-electron chi connectivity index (χ1n) is 10.1. The Morgan fingerprint density at radius 3 is 2.35 bits per heavy atom. The van der Waals surface area contributed by atoms with Crippen LogP contribution in [0.1, 0.15) is 15.9 Å². The molecule has 0 aliphatic rings. The van der Waals surface area contributed by atoms with Crippen molar-refractivity contribution in [2.24, 2.45) is 0 Å². The van der Waals surface area contributed by atoms with Gasteiger partial charge in [-0.2, -0.15) is 0 Å². The van der Waals surface area contributed by atoms with Crippen molar-refractivity contribution in [2.75, 3.05) is 0 Å². The van der Waals surface area contributed by atoms with Gasteiger partial charge in [0, 0.05) is 28.6 Å². The number of hydrogen-bond acceptors (Lipinski definition) is 3. The van der Waals surface area contributed by atoms with Crippen molar-refractivity contribution < 1.29 is 4.79 Å². The highest BCUT2D eigenvalue weighted by atomic mass is 32.1. The summed E-state index contributed by atoms with van der Waals surface area (Å²) in [5.74, 6) is -0.0618. The number of thiazole rings is 1. The van der Waals surface area contributed by atoms with Crippen molar-refractivity contribution in [1.29, 1.82) is 0 Å². The standard InChI is InChI=1S/C27H20N2OS/c30-26(24-12-6-10-20-7-4-5-11-23(20)24)28-17-19-13-15-22(16-14-19)27-29-25(18-31-27)21-8-2-1-3-9-21/h1-16,18H,17H2,(H,28,30). The molecular formula is C27H20N2OS. The molecule has 4 heteroatoms. The lowest BCUT2D eigenvalue weighted by Gasteiger charge is -2.08. The number of nitrogens with one attached hydrogen (secondary N) is 1.